The molecule has 0 radical (unpaired) electrons. The van der Waals surface area contributed by atoms with Crippen LogP contribution in [-0.2, 0) is 6.54 Å². The second kappa shape index (κ2) is 5.43. The third-order valence-corrected chi connectivity index (χ3v) is 3.59. The summed E-state index contributed by atoms with van der Waals surface area (Å²) in [5.41, 5.74) is 1.81. The van der Waals surface area contributed by atoms with Crippen molar-refractivity contribution in [3.05, 3.63) is 51.5 Å². The van der Waals surface area contributed by atoms with Crippen molar-refractivity contribution in [1.82, 2.24) is 10.3 Å². The molecule has 18 heavy (non-hydrogen) atoms. The lowest BCUT2D eigenvalue weighted by Crippen LogP contribution is -2.23. The molecule has 2 aromatic heterocycles. The molecule has 1 N–H and O–H groups in total. The number of nitrogens with one attached hydrogen (secondary N) is 1. The molecule has 1 amide bonds. The number of aromatic nitrogens is 1. The third-order valence-electron chi connectivity index (χ3n) is 2.56. The summed E-state index contributed by atoms with van der Waals surface area (Å²) in [4.78, 5) is 16.9. The number of pyridine rings is 1. The van der Waals surface area contributed by atoms with E-state index in [1.165, 1.54) is 18.5 Å². The Morgan fingerprint density at radius 1 is 1.56 bits per heavy atom. The number of carbonyl (C=O) groups excluding carboxylic acids is 1. The minimum absolute atomic E-state index is 0.271. The average Bonchev–Trinajstić information content (AvgIpc) is 2.81. The van der Waals surface area contributed by atoms with Gasteiger partial charge in [-0.2, -0.15) is 5.26 Å². The van der Waals surface area contributed by atoms with Crippen LogP contribution in [0.1, 0.15) is 26.4 Å². The van der Waals surface area contributed by atoms with Gasteiger partial charge in [0.2, 0.25) is 0 Å². The van der Waals surface area contributed by atoms with Gasteiger partial charge in [0.1, 0.15) is 6.07 Å². The maximum absolute atomic E-state index is 11.9. The van der Waals surface area contributed by atoms with Crippen LogP contribution in [0.25, 0.3) is 0 Å². The minimum Gasteiger partial charge on any atom is -0.347 e. The lowest BCUT2D eigenvalue weighted by atomic mass is 10.1. The molecule has 0 aliphatic carbocycles. The third kappa shape index (κ3) is 2.55. The molecule has 5 heteroatoms. The van der Waals surface area contributed by atoms with E-state index in [1.54, 1.807) is 11.3 Å². The van der Waals surface area contributed by atoms with E-state index in [1.807, 2.05) is 24.4 Å². The van der Waals surface area contributed by atoms with Crippen LogP contribution >= 0.6 is 11.3 Å². The Labute approximate surface area is 109 Å². The second-order valence-electron chi connectivity index (χ2n) is 3.74. The molecule has 90 valence electrons. The molecule has 2 heterocycles. The van der Waals surface area contributed by atoms with Gasteiger partial charge in [0, 0.05) is 17.3 Å². The molecule has 0 atom stereocenters. The van der Waals surface area contributed by atoms with E-state index in [9.17, 15) is 4.79 Å². The number of amides is 1. The van der Waals surface area contributed by atoms with Gasteiger partial charge in [-0.1, -0.05) is 0 Å². The normalized spacial score (nSPS) is 9.78. The van der Waals surface area contributed by atoms with Crippen LogP contribution in [0.5, 0.6) is 0 Å². The molecule has 0 unspecified atom stereocenters. The molecule has 2 rings (SSSR count). The summed E-state index contributed by atoms with van der Waals surface area (Å²) < 4.78 is 0. The standard InChI is InChI=1S/C13H11N3OS/c1-9-3-5-18-12(9)8-16-13(17)11-7-15-4-2-10(11)6-14/h2-5,7H,8H2,1H3,(H,16,17). The van der Waals surface area contributed by atoms with Crippen molar-refractivity contribution in [2.75, 3.05) is 0 Å². The Morgan fingerprint density at radius 2 is 2.39 bits per heavy atom. The predicted molar refractivity (Wildman–Crippen MR) is 69.2 cm³/mol. The summed E-state index contributed by atoms with van der Waals surface area (Å²) in [5.74, 6) is -0.271. The first-order chi connectivity index (χ1) is 8.72. The van der Waals surface area contributed by atoms with Gasteiger partial charge in [-0.15, -0.1) is 11.3 Å². The number of nitriles is 1. The Morgan fingerprint density at radius 3 is 3.06 bits per heavy atom. The first-order valence-electron chi connectivity index (χ1n) is 5.37. The van der Waals surface area contributed by atoms with Gasteiger partial charge < -0.3 is 5.32 Å². The number of hydrogen-bond donors (Lipinski definition) is 1. The number of thiophene rings is 1. The van der Waals surface area contributed by atoms with Crippen molar-refractivity contribution in [2.24, 2.45) is 0 Å². The van der Waals surface area contributed by atoms with Crippen molar-refractivity contribution in [2.45, 2.75) is 13.5 Å². The fourth-order valence-electron chi connectivity index (χ4n) is 1.51. The van der Waals surface area contributed by atoms with Crippen molar-refractivity contribution in [3.63, 3.8) is 0 Å². The summed E-state index contributed by atoms with van der Waals surface area (Å²) in [5, 5.41) is 13.7. The van der Waals surface area contributed by atoms with Gasteiger partial charge in [-0.05, 0) is 30.0 Å². The van der Waals surface area contributed by atoms with Crippen molar-refractivity contribution in [3.8, 4) is 6.07 Å². The molecule has 0 spiro atoms. The molecule has 0 aromatic carbocycles. The Hall–Kier alpha value is -2.19. The van der Waals surface area contributed by atoms with Crippen LogP contribution < -0.4 is 5.32 Å². The van der Waals surface area contributed by atoms with E-state index in [2.05, 4.69) is 10.3 Å². The van der Waals surface area contributed by atoms with Gasteiger partial charge in [-0.25, -0.2) is 0 Å². The Kier molecular flexibility index (Phi) is 3.70. The Bertz CT molecular complexity index is 613. The smallest absolute Gasteiger partial charge is 0.254 e. The lowest BCUT2D eigenvalue weighted by Gasteiger charge is -2.05. The molecular formula is C13H11N3OS. The van der Waals surface area contributed by atoms with E-state index in [0.717, 1.165) is 10.4 Å². The van der Waals surface area contributed by atoms with Gasteiger partial charge in [0.15, 0.2) is 0 Å². The zero-order chi connectivity index (χ0) is 13.0. The monoisotopic (exact) mass is 257 g/mol. The van der Waals surface area contributed by atoms with Gasteiger partial charge in [-0.3, -0.25) is 9.78 Å². The zero-order valence-corrected chi connectivity index (χ0v) is 10.6. The molecule has 0 aliphatic rings. The summed E-state index contributed by atoms with van der Waals surface area (Å²) in [6, 6.07) is 5.53. The number of hydrogen-bond acceptors (Lipinski definition) is 4. The summed E-state index contributed by atoms with van der Waals surface area (Å²) in [7, 11) is 0. The topological polar surface area (TPSA) is 65.8 Å². The van der Waals surface area contributed by atoms with E-state index >= 15 is 0 Å². The summed E-state index contributed by atoms with van der Waals surface area (Å²) in [6.07, 6.45) is 2.91. The molecular weight excluding hydrogens is 246 g/mol. The number of nitrogens with zero attached hydrogens (tertiary/aromatic N) is 2. The maximum atomic E-state index is 11.9. The molecule has 4 nitrogen and oxygen atoms in total. The van der Waals surface area contributed by atoms with E-state index in [-0.39, 0.29) is 5.91 Å². The largest absolute Gasteiger partial charge is 0.347 e. The van der Waals surface area contributed by atoms with Crippen molar-refractivity contribution < 1.29 is 4.79 Å². The first-order valence-corrected chi connectivity index (χ1v) is 6.25. The average molecular weight is 257 g/mol. The highest BCUT2D eigenvalue weighted by Gasteiger charge is 2.11. The number of aryl methyl sites for hydroxylation is 1. The van der Waals surface area contributed by atoms with Gasteiger partial charge in [0.05, 0.1) is 17.7 Å². The van der Waals surface area contributed by atoms with E-state index in [0.29, 0.717) is 17.7 Å². The molecule has 0 bridgehead atoms. The molecule has 0 fully saturated rings. The van der Waals surface area contributed by atoms with Crippen LogP contribution in [0.3, 0.4) is 0 Å². The van der Waals surface area contributed by atoms with Gasteiger partial charge >= 0.3 is 0 Å². The van der Waals surface area contributed by atoms with Crippen LogP contribution in [0.4, 0.5) is 0 Å². The fraction of sp³-hybridized carbons (Fsp3) is 0.154. The molecule has 0 aliphatic heterocycles. The van der Waals surface area contributed by atoms with E-state index in [4.69, 9.17) is 5.26 Å². The van der Waals surface area contributed by atoms with Crippen LogP contribution in [0, 0.1) is 18.3 Å². The van der Waals surface area contributed by atoms with Gasteiger partial charge in [0.25, 0.3) is 5.91 Å². The van der Waals surface area contributed by atoms with Crippen molar-refractivity contribution >= 4 is 17.2 Å². The highest BCUT2D eigenvalue weighted by Crippen LogP contribution is 2.15. The highest BCUT2D eigenvalue weighted by molar-refractivity contribution is 7.10. The fourth-order valence-corrected chi connectivity index (χ4v) is 2.36. The van der Waals surface area contributed by atoms with Crippen LogP contribution in [0.15, 0.2) is 29.9 Å². The first kappa shape index (κ1) is 12.3. The van der Waals surface area contributed by atoms with E-state index < -0.39 is 0 Å². The highest BCUT2D eigenvalue weighted by atomic mass is 32.1. The molecule has 0 saturated carbocycles. The quantitative estimate of drug-likeness (QED) is 0.917. The zero-order valence-electron chi connectivity index (χ0n) is 9.80. The maximum Gasteiger partial charge on any atom is 0.254 e. The second-order valence-corrected chi connectivity index (χ2v) is 4.74. The summed E-state index contributed by atoms with van der Waals surface area (Å²) in [6.45, 7) is 2.48. The lowest BCUT2D eigenvalue weighted by molar-refractivity contribution is 0.0950. The minimum atomic E-state index is -0.271. The van der Waals surface area contributed by atoms with Crippen LogP contribution in [0.2, 0.25) is 0 Å². The number of rotatable bonds is 3. The molecule has 2 aromatic rings. The SMILES string of the molecule is Cc1ccsc1CNC(=O)c1cnccc1C#N. The predicted octanol–water partition coefficient (Wildman–Crippen LogP) is 2.25. The Balaban J connectivity index is 2.09. The molecule has 0 saturated heterocycles. The summed E-state index contributed by atoms with van der Waals surface area (Å²) >= 11 is 1.60. The van der Waals surface area contributed by atoms with Crippen molar-refractivity contribution in [1.29, 1.82) is 5.26 Å². The number of carbonyl (C=O) groups is 1. The van der Waals surface area contributed by atoms with Crippen LogP contribution in [-0.4, -0.2) is 10.9 Å².